The first-order valence-electron chi connectivity index (χ1n) is 7.10. The summed E-state index contributed by atoms with van der Waals surface area (Å²) in [6.45, 7) is 3.61. The third kappa shape index (κ3) is 4.09. The van der Waals surface area contributed by atoms with E-state index in [9.17, 15) is 9.59 Å². The average molecular weight is 254 g/mol. The predicted octanol–water partition coefficient (Wildman–Crippen LogP) is 1.91. The Morgan fingerprint density at radius 1 is 1.28 bits per heavy atom. The molecule has 0 radical (unpaired) electrons. The molecular formula is C14H26N2O2. The van der Waals surface area contributed by atoms with Crippen LogP contribution in [0.2, 0.25) is 0 Å². The second-order valence-corrected chi connectivity index (χ2v) is 5.50. The minimum atomic E-state index is -0.752. The summed E-state index contributed by atoms with van der Waals surface area (Å²) in [6, 6.07) is -0.361. The van der Waals surface area contributed by atoms with Crippen molar-refractivity contribution in [2.75, 3.05) is 0 Å². The van der Waals surface area contributed by atoms with Crippen molar-refractivity contribution in [3.05, 3.63) is 0 Å². The summed E-state index contributed by atoms with van der Waals surface area (Å²) >= 11 is 0. The summed E-state index contributed by atoms with van der Waals surface area (Å²) in [4.78, 5) is 23.7. The predicted molar refractivity (Wildman–Crippen MR) is 72.1 cm³/mol. The molecule has 1 aliphatic rings. The number of nitrogens with two attached hydrogens (primary N) is 1. The van der Waals surface area contributed by atoms with Gasteiger partial charge in [-0.25, -0.2) is 0 Å². The van der Waals surface area contributed by atoms with Gasteiger partial charge in [-0.15, -0.1) is 0 Å². The molecule has 1 saturated carbocycles. The minimum Gasteiger partial charge on any atom is -0.345 e. The lowest BCUT2D eigenvalue weighted by molar-refractivity contribution is -0.131. The van der Waals surface area contributed by atoms with E-state index in [0.29, 0.717) is 6.42 Å². The molecule has 0 bridgehead atoms. The summed E-state index contributed by atoms with van der Waals surface area (Å²) in [5.41, 5.74) is 5.40. The SMILES string of the molecule is CCCC[C@H](NC(=O)C1(N)CCCCC1)C(C)=O. The molecule has 0 aliphatic heterocycles. The summed E-state index contributed by atoms with van der Waals surface area (Å²) in [5, 5.41) is 2.85. The van der Waals surface area contributed by atoms with Crippen molar-refractivity contribution in [1.29, 1.82) is 0 Å². The van der Waals surface area contributed by atoms with Gasteiger partial charge in [0.05, 0.1) is 11.6 Å². The van der Waals surface area contributed by atoms with Crippen molar-refractivity contribution < 1.29 is 9.59 Å². The van der Waals surface area contributed by atoms with Crippen LogP contribution in [0.25, 0.3) is 0 Å². The molecule has 1 rings (SSSR count). The molecule has 104 valence electrons. The van der Waals surface area contributed by atoms with Crippen LogP contribution in [0.1, 0.15) is 65.2 Å². The zero-order valence-corrected chi connectivity index (χ0v) is 11.6. The molecule has 1 atom stereocenters. The number of carbonyl (C=O) groups excluding carboxylic acids is 2. The average Bonchev–Trinajstić information content (AvgIpc) is 2.34. The second kappa shape index (κ2) is 6.88. The number of unbranched alkanes of at least 4 members (excludes halogenated alkanes) is 1. The van der Waals surface area contributed by atoms with E-state index in [-0.39, 0.29) is 17.7 Å². The highest BCUT2D eigenvalue weighted by atomic mass is 16.2. The van der Waals surface area contributed by atoms with Crippen LogP contribution in [0.3, 0.4) is 0 Å². The molecule has 4 heteroatoms. The lowest BCUT2D eigenvalue weighted by Gasteiger charge is -2.33. The number of rotatable bonds is 6. The highest BCUT2D eigenvalue weighted by Crippen LogP contribution is 2.26. The zero-order chi connectivity index (χ0) is 13.6. The van der Waals surface area contributed by atoms with Gasteiger partial charge in [0.25, 0.3) is 0 Å². The maximum Gasteiger partial charge on any atom is 0.240 e. The van der Waals surface area contributed by atoms with E-state index in [0.717, 1.165) is 44.9 Å². The smallest absolute Gasteiger partial charge is 0.240 e. The van der Waals surface area contributed by atoms with Crippen molar-refractivity contribution >= 4 is 11.7 Å². The molecule has 0 unspecified atom stereocenters. The Balaban J connectivity index is 2.56. The third-order valence-corrected chi connectivity index (χ3v) is 3.84. The number of Topliss-reactive ketones (excluding diaryl/α,β-unsaturated/α-hetero) is 1. The van der Waals surface area contributed by atoms with Crippen LogP contribution in [0.5, 0.6) is 0 Å². The lowest BCUT2D eigenvalue weighted by Crippen LogP contribution is -2.58. The van der Waals surface area contributed by atoms with Crippen molar-refractivity contribution in [1.82, 2.24) is 5.32 Å². The van der Waals surface area contributed by atoms with Crippen LogP contribution in [0.4, 0.5) is 0 Å². The number of ketones is 1. The van der Waals surface area contributed by atoms with E-state index in [1.165, 1.54) is 6.92 Å². The number of carbonyl (C=O) groups is 2. The molecule has 1 fully saturated rings. The summed E-state index contributed by atoms with van der Waals surface area (Å²) < 4.78 is 0. The molecule has 0 spiro atoms. The van der Waals surface area contributed by atoms with Crippen molar-refractivity contribution in [3.8, 4) is 0 Å². The minimum absolute atomic E-state index is 0.0243. The summed E-state index contributed by atoms with van der Waals surface area (Å²) in [6.07, 6.45) is 7.31. The Morgan fingerprint density at radius 3 is 2.39 bits per heavy atom. The lowest BCUT2D eigenvalue weighted by atomic mass is 9.81. The van der Waals surface area contributed by atoms with Crippen LogP contribution in [-0.2, 0) is 9.59 Å². The molecular weight excluding hydrogens is 228 g/mol. The zero-order valence-electron chi connectivity index (χ0n) is 11.6. The fourth-order valence-corrected chi connectivity index (χ4v) is 2.50. The van der Waals surface area contributed by atoms with Crippen molar-refractivity contribution in [3.63, 3.8) is 0 Å². The van der Waals surface area contributed by atoms with Gasteiger partial charge in [-0.3, -0.25) is 9.59 Å². The van der Waals surface area contributed by atoms with Gasteiger partial charge in [0.2, 0.25) is 5.91 Å². The first-order valence-corrected chi connectivity index (χ1v) is 7.10. The monoisotopic (exact) mass is 254 g/mol. The molecule has 1 aliphatic carbocycles. The Hall–Kier alpha value is -0.900. The largest absolute Gasteiger partial charge is 0.345 e. The summed E-state index contributed by atoms with van der Waals surface area (Å²) in [5.74, 6) is -0.116. The van der Waals surface area contributed by atoms with E-state index >= 15 is 0 Å². The first-order chi connectivity index (χ1) is 8.49. The molecule has 0 aromatic heterocycles. The van der Waals surface area contributed by atoms with Gasteiger partial charge in [-0.2, -0.15) is 0 Å². The number of amides is 1. The van der Waals surface area contributed by atoms with E-state index in [1.807, 2.05) is 0 Å². The number of nitrogens with one attached hydrogen (secondary N) is 1. The van der Waals surface area contributed by atoms with E-state index < -0.39 is 5.54 Å². The van der Waals surface area contributed by atoms with Crippen LogP contribution < -0.4 is 11.1 Å². The quantitative estimate of drug-likeness (QED) is 0.760. The van der Waals surface area contributed by atoms with Gasteiger partial charge in [-0.05, 0) is 26.2 Å². The molecule has 3 N–H and O–H groups in total. The molecule has 0 saturated heterocycles. The highest BCUT2D eigenvalue weighted by molar-refractivity contribution is 5.91. The maximum atomic E-state index is 12.2. The first kappa shape index (κ1) is 15.2. The van der Waals surface area contributed by atoms with Gasteiger partial charge in [-0.1, -0.05) is 39.0 Å². The van der Waals surface area contributed by atoms with Gasteiger partial charge in [0.1, 0.15) is 0 Å². The Bertz CT molecular complexity index is 296. The summed E-state index contributed by atoms with van der Waals surface area (Å²) in [7, 11) is 0. The van der Waals surface area contributed by atoms with Gasteiger partial charge in [0.15, 0.2) is 5.78 Å². The standard InChI is InChI=1S/C14H26N2O2/c1-3-4-8-12(11(2)17)16-13(18)14(15)9-6-5-7-10-14/h12H,3-10,15H2,1-2H3,(H,16,18)/t12-/m0/s1. The fourth-order valence-electron chi connectivity index (χ4n) is 2.50. The number of hydrogen-bond acceptors (Lipinski definition) is 3. The van der Waals surface area contributed by atoms with Crippen molar-refractivity contribution in [2.24, 2.45) is 5.73 Å². The van der Waals surface area contributed by atoms with Crippen LogP contribution >= 0.6 is 0 Å². The normalized spacial score (nSPS) is 20.2. The molecule has 18 heavy (non-hydrogen) atoms. The molecule has 0 aromatic rings. The van der Waals surface area contributed by atoms with Crippen LogP contribution in [0.15, 0.2) is 0 Å². The van der Waals surface area contributed by atoms with Crippen LogP contribution in [0, 0.1) is 0 Å². The Kier molecular flexibility index (Phi) is 5.79. The molecule has 0 aromatic carbocycles. The highest BCUT2D eigenvalue weighted by Gasteiger charge is 2.36. The van der Waals surface area contributed by atoms with Gasteiger partial charge < -0.3 is 11.1 Å². The van der Waals surface area contributed by atoms with Crippen molar-refractivity contribution in [2.45, 2.75) is 76.8 Å². The third-order valence-electron chi connectivity index (χ3n) is 3.84. The number of hydrogen-bond donors (Lipinski definition) is 2. The Morgan fingerprint density at radius 2 is 1.89 bits per heavy atom. The van der Waals surface area contributed by atoms with Gasteiger partial charge >= 0.3 is 0 Å². The van der Waals surface area contributed by atoms with Gasteiger partial charge in [0, 0.05) is 0 Å². The van der Waals surface area contributed by atoms with Crippen LogP contribution in [-0.4, -0.2) is 23.3 Å². The fraction of sp³-hybridized carbons (Fsp3) is 0.857. The Labute approximate surface area is 110 Å². The second-order valence-electron chi connectivity index (χ2n) is 5.50. The van der Waals surface area contributed by atoms with E-state index in [1.54, 1.807) is 0 Å². The molecule has 4 nitrogen and oxygen atoms in total. The molecule has 0 heterocycles. The topological polar surface area (TPSA) is 72.2 Å². The van der Waals surface area contributed by atoms with E-state index in [4.69, 9.17) is 5.73 Å². The maximum absolute atomic E-state index is 12.2. The van der Waals surface area contributed by atoms with E-state index in [2.05, 4.69) is 12.2 Å². The molecule has 1 amide bonds.